The van der Waals surface area contributed by atoms with Crippen molar-refractivity contribution in [3.05, 3.63) is 0 Å². The monoisotopic (exact) mass is 333 g/mol. The van der Waals surface area contributed by atoms with Gasteiger partial charge in [0.2, 0.25) is 0 Å². The maximum Gasteiger partial charge on any atom is 0.129 e. The second-order valence-electron chi connectivity index (χ2n) is 9.60. The Morgan fingerprint density at radius 3 is 1.21 bits per heavy atom. The molecule has 0 aliphatic carbocycles. The third-order valence-electron chi connectivity index (χ3n) is 2.89. The van der Waals surface area contributed by atoms with Gasteiger partial charge in [-0.05, 0) is 29.1 Å². The molecule has 0 aromatic carbocycles. The van der Waals surface area contributed by atoms with Crippen LogP contribution in [0.4, 0.5) is 0 Å². The Balaban J connectivity index is 5.91. The van der Waals surface area contributed by atoms with Crippen LogP contribution in [-0.4, -0.2) is 38.8 Å². The van der Waals surface area contributed by atoms with Crippen molar-refractivity contribution < 1.29 is 0 Å². The van der Waals surface area contributed by atoms with E-state index in [1.54, 1.807) is 8.35 Å². The van der Waals surface area contributed by atoms with Crippen LogP contribution in [0.3, 0.4) is 0 Å². The first-order valence-corrected chi connectivity index (χ1v) is 18.7. The molecule has 0 aromatic heterocycles. The Hall–Kier alpha value is 0.781. The first-order chi connectivity index (χ1) is 7.97. The molecule has 5 heteroatoms. The third kappa shape index (κ3) is 6.38. The second-order valence-corrected chi connectivity index (χ2v) is 27.2. The molecule has 0 N–H and O–H groups in total. The average Bonchev–Trinajstić information content (AvgIpc) is 1.91. The quantitative estimate of drug-likeness (QED) is 0.470. The van der Waals surface area contributed by atoms with E-state index >= 15 is 0 Å². The van der Waals surface area contributed by atoms with Crippen LogP contribution in [0.2, 0.25) is 58.9 Å². The molecule has 0 rings (SSSR count). The molecular weight excluding hydrogens is 297 g/mol. The summed E-state index contributed by atoms with van der Waals surface area (Å²) in [5, 5.41) is 0. The number of hydrogen-bond donors (Lipinski definition) is 0. The largest absolute Gasteiger partial charge is 0.275 e. The Labute approximate surface area is 127 Å². The lowest BCUT2D eigenvalue weighted by atomic mass is 10.1. The first-order valence-electron chi connectivity index (χ1n) is 7.37. The molecule has 0 atom stereocenters. The van der Waals surface area contributed by atoms with Gasteiger partial charge in [-0.1, -0.05) is 63.5 Å². The van der Waals surface area contributed by atoms with Gasteiger partial charge in [-0.25, -0.2) is 0 Å². The van der Waals surface area contributed by atoms with Crippen molar-refractivity contribution in [2.45, 2.75) is 85.2 Å². The second kappa shape index (κ2) is 5.88. The topological polar surface area (TPSA) is 3.24 Å². The van der Waals surface area contributed by atoms with E-state index in [2.05, 4.69) is 84.0 Å². The summed E-state index contributed by atoms with van der Waals surface area (Å²) in [6.07, 6.45) is 0. The van der Waals surface area contributed by atoms with Crippen molar-refractivity contribution >= 4 is 37.3 Å². The van der Waals surface area contributed by atoms with E-state index in [-0.39, 0.29) is 5.54 Å². The van der Waals surface area contributed by atoms with Crippen LogP contribution in [0.5, 0.6) is 0 Å². The zero-order chi connectivity index (χ0) is 15.9. The predicted octanol–water partition coefficient (Wildman–Crippen LogP) is 5.71. The number of hydrogen-bond acceptors (Lipinski definition) is 1. The molecule has 1 nitrogen and oxygen atoms in total. The maximum atomic E-state index is 2.81. The normalized spacial score (nSPS) is 15.2. The van der Waals surface area contributed by atoms with Crippen LogP contribution < -0.4 is 0 Å². The number of nitrogens with zero attached hydrogens (tertiary/aromatic N) is 1. The van der Waals surface area contributed by atoms with Crippen molar-refractivity contribution in [3.63, 3.8) is 0 Å². The molecular formula is C14H36NPSi3. The Kier molecular flexibility index (Phi) is 6.12. The molecule has 0 saturated carbocycles. The van der Waals surface area contributed by atoms with Crippen molar-refractivity contribution in [2.75, 3.05) is 0 Å². The van der Waals surface area contributed by atoms with Crippen LogP contribution in [-0.2, 0) is 0 Å². The molecule has 0 aliphatic heterocycles. The molecule has 0 fully saturated rings. The van der Waals surface area contributed by atoms with Crippen molar-refractivity contribution in [3.8, 4) is 0 Å². The summed E-state index contributed by atoms with van der Waals surface area (Å²) in [5.41, 5.74) is 0.274. The molecule has 0 aliphatic rings. The van der Waals surface area contributed by atoms with Crippen molar-refractivity contribution in [1.29, 1.82) is 0 Å². The van der Waals surface area contributed by atoms with Crippen LogP contribution in [0.15, 0.2) is 0 Å². The average molecular weight is 334 g/mol. The standard InChI is InChI=1S/C14H36NPSi3/c1-14(2,3)15(19(10,11)12)16-13(17(4,5)6)18(7,8)9/h1-12H3. The summed E-state index contributed by atoms with van der Waals surface area (Å²) in [5.74, 6) is 0. The summed E-state index contributed by atoms with van der Waals surface area (Å²) >= 11 is 0. The van der Waals surface area contributed by atoms with E-state index in [0.717, 1.165) is 0 Å². The van der Waals surface area contributed by atoms with Gasteiger partial charge in [-0.2, -0.15) is 0 Å². The lowest BCUT2D eigenvalue weighted by Gasteiger charge is -2.44. The van der Waals surface area contributed by atoms with Gasteiger partial charge in [0.1, 0.15) is 8.24 Å². The predicted molar refractivity (Wildman–Crippen MR) is 104 cm³/mol. The lowest BCUT2D eigenvalue weighted by Crippen LogP contribution is -2.54. The zero-order valence-corrected chi connectivity index (χ0v) is 19.3. The SMILES string of the molecule is CC(C)(C)N(P=C([Si](C)(C)C)[Si](C)(C)C)[Si](C)(C)C. The van der Waals surface area contributed by atoms with E-state index < -0.39 is 24.4 Å². The van der Waals surface area contributed by atoms with E-state index in [1.165, 1.54) is 0 Å². The fraction of sp³-hybridized carbons (Fsp3) is 0.929. The molecule has 0 saturated heterocycles. The smallest absolute Gasteiger partial charge is 0.129 e. The van der Waals surface area contributed by atoms with E-state index in [0.29, 0.717) is 0 Å². The summed E-state index contributed by atoms with van der Waals surface area (Å²) in [6.45, 7) is 29.7. The molecule has 0 heterocycles. The third-order valence-corrected chi connectivity index (χ3v) is 19.9. The van der Waals surface area contributed by atoms with Crippen LogP contribution in [0, 0.1) is 0 Å². The highest BCUT2D eigenvalue weighted by Gasteiger charge is 2.37. The molecule has 114 valence electrons. The molecule has 19 heavy (non-hydrogen) atoms. The number of rotatable bonds is 4. The van der Waals surface area contributed by atoms with Crippen LogP contribution in [0.25, 0.3) is 0 Å². The minimum absolute atomic E-state index is 0.274. The van der Waals surface area contributed by atoms with E-state index in [1.807, 2.05) is 4.54 Å². The van der Waals surface area contributed by atoms with E-state index in [4.69, 9.17) is 0 Å². The fourth-order valence-corrected chi connectivity index (χ4v) is 19.4. The Morgan fingerprint density at radius 1 is 0.737 bits per heavy atom. The minimum Gasteiger partial charge on any atom is -0.275 e. The molecule has 0 amide bonds. The van der Waals surface area contributed by atoms with Gasteiger partial charge in [-0.15, -0.1) is 0 Å². The zero-order valence-electron chi connectivity index (χ0n) is 15.4. The maximum absolute atomic E-state index is 2.81. The lowest BCUT2D eigenvalue weighted by molar-refractivity contribution is 0.379. The van der Waals surface area contributed by atoms with Gasteiger partial charge >= 0.3 is 0 Å². The van der Waals surface area contributed by atoms with Crippen molar-refractivity contribution in [1.82, 2.24) is 4.34 Å². The summed E-state index contributed by atoms with van der Waals surface area (Å²) in [4.78, 5) is 0. The Morgan fingerprint density at radius 2 is 1.05 bits per heavy atom. The van der Waals surface area contributed by atoms with Gasteiger partial charge in [0.05, 0.1) is 16.1 Å². The molecule has 0 aromatic rings. The van der Waals surface area contributed by atoms with Gasteiger partial charge in [0, 0.05) is 5.54 Å². The van der Waals surface area contributed by atoms with Crippen LogP contribution >= 0.6 is 8.35 Å². The molecule has 0 radical (unpaired) electrons. The minimum atomic E-state index is -1.30. The van der Waals surface area contributed by atoms with Gasteiger partial charge in [0.15, 0.2) is 0 Å². The molecule has 0 bridgehead atoms. The fourth-order valence-electron chi connectivity index (χ4n) is 2.83. The van der Waals surface area contributed by atoms with E-state index in [9.17, 15) is 0 Å². The highest BCUT2D eigenvalue weighted by molar-refractivity contribution is 7.62. The van der Waals surface area contributed by atoms with Gasteiger partial charge in [-0.3, -0.25) is 4.34 Å². The first kappa shape index (κ1) is 19.8. The highest BCUT2D eigenvalue weighted by Crippen LogP contribution is 2.34. The Bertz CT molecular complexity index is 308. The van der Waals surface area contributed by atoms with Crippen molar-refractivity contribution in [2.24, 2.45) is 0 Å². The highest BCUT2D eigenvalue weighted by atomic mass is 31.1. The summed E-state index contributed by atoms with van der Waals surface area (Å²) in [7, 11) is -2.14. The molecule has 0 spiro atoms. The van der Waals surface area contributed by atoms with Crippen LogP contribution in [0.1, 0.15) is 20.8 Å². The summed E-state index contributed by atoms with van der Waals surface area (Å²) < 4.78 is 4.73. The summed E-state index contributed by atoms with van der Waals surface area (Å²) in [6, 6.07) is 0. The molecule has 0 unspecified atom stereocenters. The van der Waals surface area contributed by atoms with Gasteiger partial charge in [0.25, 0.3) is 0 Å². The van der Waals surface area contributed by atoms with Gasteiger partial charge < -0.3 is 0 Å².